The van der Waals surface area contributed by atoms with Gasteiger partial charge in [0, 0.05) is 32.2 Å². The predicted octanol–water partition coefficient (Wildman–Crippen LogP) is 2.69. The third-order valence-electron chi connectivity index (χ3n) is 4.06. The van der Waals surface area contributed by atoms with Crippen molar-refractivity contribution in [1.29, 1.82) is 0 Å². The number of nitrogens with one attached hydrogen (secondary N) is 1. The monoisotopic (exact) mass is 377 g/mol. The van der Waals surface area contributed by atoms with E-state index in [0.29, 0.717) is 23.5 Å². The summed E-state index contributed by atoms with van der Waals surface area (Å²) in [4.78, 5) is 13.4. The summed E-state index contributed by atoms with van der Waals surface area (Å²) in [6, 6.07) is 3.14. The minimum Gasteiger partial charge on any atom is -0.454 e. The van der Waals surface area contributed by atoms with Crippen LogP contribution in [-0.2, 0) is 0 Å². The summed E-state index contributed by atoms with van der Waals surface area (Å²) in [5.41, 5.74) is 0.741. The number of hydrogen-bond acceptors (Lipinski definition) is 6. The molecule has 1 aromatic rings. The normalized spacial score (nSPS) is 17.3. The van der Waals surface area contributed by atoms with Crippen LogP contribution >= 0.6 is 24.8 Å². The highest BCUT2D eigenvalue weighted by Gasteiger charge is 2.31. The fraction of sp³-hybridized carbons (Fsp3) is 0.467. The first kappa shape index (κ1) is 20.5. The van der Waals surface area contributed by atoms with Crippen LogP contribution in [0.5, 0.6) is 11.5 Å². The molecule has 2 aliphatic heterocycles. The Morgan fingerprint density at radius 2 is 1.92 bits per heavy atom. The second-order valence-corrected chi connectivity index (χ2v) is 5.35. The van der Waals surface area contributed by atoms with Gasteiger partial charge in [-0.05, 0) is 12.5 Å². The van der Waals surface area contributed by atoms with Crippen molar-refractivity contribution in [2.45, 2.75) is 12.5 Å². The number of ether oxygens (including phenoxy) is 2. The number of piperazine rings is 1. The standard InChI is InChI=1S/C15H19N3O4.2ClH/c1-2-3-12(17-6-4-16-5-7-17)11-8-14-15(22-10-21-14)9-13(11)18(19)20;;/h2,8-9,12,16H,1,3-7,10H2;2*1H/t12-;;/m0../s1. The van der Waals surface area contributed by atoms with Crippen molar-refractivity contribution in [2.75, 3.05) is 33.0 Å². The summed E-state index contributed by atoms with van der Waals surface area (Å²) >= 11 is 0. The Morgan fingerprint density at radius 1 is 1.29 bits per heavy atom. The Labute approximate surface area is 153 Å². The molecule has 0 spiro atoms. The first-order chi connectivity index (χ1) is 10.7. The Morgan fingerprint density at radius 3 is 2.50 bits per heavy atom. The van der Waals surface area contributed by atoms with Crippen LogP contribution in [0.2, 0.25) is 0 Å². The molecular weight excluding hydrogens is 357 g/mol. The van der Waals surface area contributed by atoms with Gasteiger partial charge in [0.2, 0.25) is 6.79 Å². The maximum atomic E-state index is 11.5. The van der Waals surface area contributed by atoms with Gasteiger partial charge in [-0.2, -0.15) is 0 Å². The molecule has 0 unspecified atom stereocenters. The van der Waals surface area contributed by atoms with Gasteiger partial charge in [0.1, 0.15) is 0 Å². The Hall–Kier alpha value is -1.54. The van der Waals surface area contributed by atoms with Gasteiger partial charge in [0.25, 0.3) is 5.69 Å². The van der Waals surface area contributed by atoms with E-state index in [2.05, 4.69) is 16.8 Å². The van der Waals surface area contributed by atoms with E-state index >= 15 is 0 Å². The molecule has 7 nitrogen and oxygen atoms in total. The van der Waals surface area contributed by atoms with Crippen LogP contribution in [0.15, 0.2) is 24.8 Å². The van der Waals surface area contributed by atoms with E-state index in [1.165, 1.54) is 6.07 Å². The molecule has 2 heterocycles. The highest BCUT2D eigenvalue weighted by molar-refractivity contribution is 5.85. The van der Waals surface area contributed by atoms with Crippen LogP contribution < -0.4 is 14.8 Å². The van der Waals surface area contributed by atoms with Gasteiger partial charge in [-0.3, -0.25) is 15.0 Å². The molecule has 134 valence electrons. The van der Waals surface area contributed by atoms with Crippen LogP contribution in [-0.4, -0.2) is 42.8 Å². The van der Waals surface area contributed by atoms with Crippen molar-refractivity contribution >= 4 is 30.5 Å². The minimum absolute atomic E-state index is 0. The summed E-state index contributed by atoms with van der Waals surface area (Å²) in [5.74, 6) is 1.01. The maximum absolute atomic E-state index is 11.5. The zero-order chi connectivity index (χ0) is 15.5. The van der Waals surface area contributed by atoms with Crippen LogP contribution in [0.1, 0.15) is 18.0 Å². The quantitative estimate of drug-likeness (QED) is 0.482. The van der Waals surface area contributed by atoms with Crippen LogP contribution in [0, 0.1) is 10.1 Å². The van der Waals surface area contributed by atoms with E-state index in [4.69, 9.17) is 9.47 Å². The summed E-state index contributed by atoms with van der Waals surface area (Å²) in [6.45, 7) is 7.37. The summed E-state index contributed by atoms with van der Waals surface area (Å²) in [6.07, 6.45) is 2.46. The molecule has 0 aliphatic carbocycles. The van der Waals surface area contributed by atoms with Crippen LogP contribution in [0.25, 0.3) is 0 Å². The molecule has 0 aromatic heterocycles. The smallest absolute Gasteiger partial charge is 0.278 e. The van der Waals surface area contributed by atoms with E-state index in [1.807, 2.05) is 0 Å². The fourth-order valence-electron chi connectivity index (χ4n) is 3.00. The highest BCUT2D eigenvalue weighted by atomic mass is 35.5. The van der Waals surface area contributed by atoms with E-state index in [-0.39, 0.29) is 48.3 Å². The van der Waals surface area contributed by atoms with Gasteiger partial charge in [-0.25, -0.2) is 0 Å². The second-order valence-electron chi connectivity index (χ2n) is 5.35. The molecule has 9 heteroatoms. The van der Waals surface area contributed by atoms with Crippen molar-refractivity contribution < 1.29 is 14.4 Å². The number of nitro groups is 1. The van der Waals surface area contributed by atoms with Crippen molar-refractivity contribution in [3.63, 3.8) is 0 Å². The van der Waals surface area contributed by atoms with Gasteiger partial charge in [0.05, 0.1) is 16.6 Å². The largest absolute Gasteiger partial charge is 0.454 e. The number of halogens is 2. The number of nitro benzene ring substituents is 1. The summed E-state index contributed by atoms with van der Waals surface area (Å²) in [7, 11) is 0. The Kier molecular flexibility index (Phi) is 7.75. The van der Waals surface area contributed by atoms with E-state index < -0.39 is 0 Å². The molecular formula is C15H21Cl2N3O4. The van der Waals surface area contributed by atoms with E-state index in [1.54, 1.807) is 12.1 Å². The third-order valence-corrected chi connectivity index (χ3v) is 4.06. The number of nitrogens with zero attached hydrogens (tertiary/aromatic N) is 2. The molecule has 0 bridgehead atoms. The van der Waals surface area contributed by atoms with Gasteiger partial charge >= 0.3 is 0 Å². The van der Waals surface area contributed by atoms with E-state index in [9.17, 15) is 10.1 Å². The number of benzene rings is 1. The van der Waals surface area contributed by atoms with Crippen molar-refractivity contribution in [1.82, 2.24) is 10.2 Å². The molecule has 0 radical (unpaired) electrons. The molecule has 3 rings (SSSR count). The van der Waals surface area contributed by atoms with Crippen LogP contribution in [0.4, 0.5) is 5.69 Å². The lowest BCUT2D eigenvalue weighted by molar-refractivity contribution is -0.386. The lowest BCUT2D eigenvalue weighted by Gasteiger charge is -2.34. The predicted molar refractivity (Wildman–Crippen MR) is 95.7 cm³/mol. The number of fused-ring (bicyclic) bond motifs is 1. The van der Waals surface area contributed by atoms with Crippen molar-refractivity contribution in [3.05, 3.63) is 40.5 Å². The third kappa shape index (κ3) is 4.10. The molecule has 1 aromatic carbocycles. The second kappa shape index (κ2) is 9.08. The SMILES string of the molecule is C=CC[C@@H](c1cc2c(cc1[N+](=O)[O-])OCO2)N1CCNCC1.Cl.Cl. The average Bonchev–Trinajstić information content (AvgIpc) is 2.99. The molecule has 1 N–H and O–H groups in total. The van der Waals surface area contributed by atoms with Gasteiger partial charge in [0.15, 0.2) is 11.5 Å². The summed E-state index contributed by atoms with van der Waals surface area (Å²) in [5, 5.41) is 14.8. The first-order valence-electron chi connectivity index (χ1n) is 7.34. The summed E-state index contributed by atoms with van der Waals surface area (Å²) < 4.78 is 10.6. The van der Waals surface area contributed by atoms with Crippen molar-refractivity contribution in [3.8, 4) is 11.5 Å². The lowest BCUT2D eigenvalue weighted by Crippen LogP contribution is -2.45. The zero-order valence-electron chi connectivity index (χ0n) is 13.1. The lowest BCUT2D eigenvalue weighted by atomic mass is 9.98. The molecule has 24 heavy (non-hydrogen) atoms. The highest BCUT2D eigenvalue weighted by Crippen LogP contribution is 2.42. The van der Waals surface area contributed by atoms with Crippen molar-refractivity contribution in [2.24, 2.45) is 0 Å². The maximum Gasteiger partial charge on any atom is 0.278 e. The molecule has 1 saturated heterocycles. The zero-order valence-corrected chi connectivity index (χ0v) is 14.7. The van der Waals surface area contributed by atoms with Gasteiger partial charge in [-0.1, -0.05) is 6.08 Å². The Bertz CT molecular complexity index is 594. The Balaban J connectivity index is 0.00000144. The van der Waals surface area contributed by atoms with Gasteiger partial charge < -0.3 is 14.8 Å². The molecule has 1 fully saturated rings. The van der Waals surface area contributed by atoms with Gasteiger partial charge in [-0.15, -0.1) is 31.4 Å². The molecule has 0 amide bonds. The van der Waals surface area contributed by atoms with Crippen LogP contribution in [0.3, 0.4) is 0 Å². The molecule has 1 atom stereocenters. The number of rotatable bonds is 5. The fourth-order valence-corrected chi connectivity index (χ4v) is 3.00. The van der Waals surface area contributed by atoms with E-state index in [0.717, 1.165) is 26.2 Å². The molecule has 0 saturated carbocycles. The minimum atomic E-state index is -0.352. The molecule has 2 aliphatic rings. The average molecular weight is 378 g/mol. The first-order valence-corrected chi connectivity index (χ1v) is 7.34. The topological polar surface area (TPSA) is 76.9 Å². The number of hydrogen-bond donors (Lipinski definition) is 1.